The summed E-state index contributed by atoms with van der Waals surface area (Å²) in [6.45, 7) is 3.37. The molecule has 0 spiro atoms. The first kappa shape index (κ1) is 8.33. The first-order valence-corrected chi connectivity index (χ1v) is 3.47. The summed E-state index contributed by atoms with van der Waals surface area (Å²) in [4.78, 5) is 7.44. The molecular formula is C9H9N3. The molecule has 1 aromatic rings. The molecule has 0 unspecified atom stereocenters. The van der Waals surface area contributed by atoms with Crippen LogP contribution in [0.3, 0.4) is 0 Å². The van der Waals surface area contributed by atoms with Gasteiger partial charge in [0, 0.05) is 5.56 Å². The second-order valence-corrected chi connectivity index (χ2v) is 2.11. The molecule has 0 aliphatic rings. The van der Waals surface area contributed by atoms with Crippen LogP contribution in [0.5, 0.6) is 0 Å². The van der Waals surface area contributed by atoms with Crippen LogP contribution in [-0.2, 0) is 0 Å². The van der Waals surface area contributed by atoms with E-state index in [1.807, 2.05) is 30.3 Å². The molecule has 3 heteroatoms. The van der Waals surface area contributed by atoms with E-state index in [0.29, 0.717) is 5.84 Å². The average Bonchev–Trinajstić information content (AvgIpc) is 2.15. The van der Waals surface area contributed by atoms with Crippen LogP contribution in [0, 0.1) is 5.41 Å². The minimum atomic E-state index is 0.477. The molecular weight excluding hydrogens is 150 g/mol. The van der Waals surface area contributed by atoms with Crippen LogP contribution < -0.4 is 0 Å². The lowest BCUT2D eigenvalue weighted by Crippen LogP contribution is -1.95. The van der Waals surface area contributed by atoms with Crippen molar-refractivity contribution in [2.75, 3.05) is 0 Å². The Hall–Kier alpha value is -1.77. The van der Waals surface area contributed by atoms with Crippen molar-refractivity contribution in [1.82, 2.24) is 0 Å². The van der Waals surface area contributed by atoms with E-state index in [1.54, 1.807) is 0 Å². The average molecular weight is 159 g/mol. The van der Waals surface area contributed by atoms with Crippen LogP contribution in [-0.4, -0.2) is 18.9 Å². The van der Waals surface area contributed by atoms with E-state index >= 15 is 0 Å². The van der Waals surface area contributed by atoms with E-state index in [4.69, 9.17) is 5.41 Å². The monoisotopic (exact) mass is 159 g/mol. The molecule has 0 saturated carbocycles. The van der Waals surface area contributed by atoms with Crippen LogP contribution in [0.15, 0.2) is 40.3 Å². The van der Waals surface area contributed by atoms with Crippen LogP contribution in [0.25, 0.3) is 0 Å². The molecule has 1 N–H and O–H groups in total. The lowest BCUT2D eigenvalue weighted by atomic mass is 10.2. The summed E-state index contributed by atoms with van der Waals surface area (Å²) in [6.07, 6.45) is 0.955. The molecule has 0 radical (unpaired) electrons. The Labute approximate surface area is 71.0 Å². The van der Waals surface area contributed by atoms with Crippen molar-refractivity contribution in [3.8, 4) is 0 Å². The summed E-state index contributed by atoms with van der Waals surface area (Å²) in [7, 11) is 0. The number of nitrogens with zero attached hydrogens (tertiary/aromatic N) is 2. The summed E-state index contributed by atoms with van der Waals surface area (Å²) in [5.41, 5.74) is 0.871. The Balaban J connectivity index is 3.03. The maximum Gasteiger partial charge on any atom is 0.160 e. The van der Waals surface area contributed by atoms with Crippen molar-refractivity contribution in [3.05, 3.63) is 35.9 Å². The number of hydrogen-bond acceptors (Lipinski definition) is 1. The smallest absolute Gasteiger partial charge is 0.160 e. The van der Waals surface area contributed by atoms with Gasteiger partial charge in [-0.05, 0) is 6.72 Å². The third-order valence-corrected chi connectivity index (χ3v) is 1.37. The standard InChI is InChI=1S/C9H9N3/c1-11-9(12-7-10)8-5-3-2-4-6-8/h2-7,10H,1H2. The Morgan fingerprint density at radius 1 is 1.33 bits per heavy atom. The lowest BCUT2D eigenvalue weighted by molar-refractivity contribution is 1.48. The Morgan fingerprint density at radius 3 is 2.50 bits per heavy atom. The van der Waals surface area contributed by atoms with E-state index in [2.05, 4.69) is 16.7 Å². The van der Waals surface area contributed by atoms with E-state index in [9.17, 15) is 0 Å². The maximum atomic E-state index is 6.79. The number of nitrogens with one attached hydrogen (secondary N) is 1. The number of aliphatic imine (C=N–C) groups is 2. The van der Waals surface area contributed by atoms with Crippen molar-refractivity contribution in [2.24, 2.45) is 9.98 Å². The lowest BCUT2D eigenvalue weighted by Gasteiger charge is -1.96. The molecule has 0 heterocycles. The van der Waals surface area contributed by atoms with E-state index < -0.39 is 0 Å². The third kappa shape index (κ3) is 1.85. The largest absolute Gasteiger partial charge is 0.289 e. The fraction of sp³-hybridized carbons (Fsp3) is 0. The highest BCUT2D eigenvalue weighted by atomic mass is 14.9. The van der Waals surface area contributed by atoms with Gasteiger partial charge in [0.05, 0.1) is 0 Å². The zero-order valence-corrected chi connectivity index (χ0v) is 6.57. The highest BCUT2D eigenvalue weighted by molar-refractivity contribution is 6.04. The van der Waals surface area contributed by atoms with Crippen molar-refractivity contribution < 1.29 is 0 Å². The molecule has 0 aromatic heterocycles. The van der Waals surface area contributed by atoms with Gasteiger partial charge >= 0.3 is 0 Å². The molecule has 0 amide bonds. The Bertz CT molecular complexity index is 301. The molecule has 0 bridgehead atoms. The highest BCUT2D eigenvalue weighted by Crippen LogP contribution is 2.00. The summed E-state index contributed by atoms with van der Waals surface area (Å²) in [5, 5.41) is 6.79. The van der Waals surface area contributed by atoms with Gasteiger partial charge in [-0.2, -0.15) is 0 Å². The molecule has 60 valence electrons. The Morgan fingerprint density at radius 2 is 2.00 bits per heavy atom. The predicted molar refractivity (Wildman–Crippen MR) is 51.3 cm³/mol. The van der Waals surface area contributed by atoms with Crippen LogP contribution in [0.4, 0.5) is 0 Å². The summed E-state index contributed by atoms with van der Waals surface area (Å²) < 4.78 is 0. The first-order valence-electron chi connectivity index (χ1n) is 3.47. The van der Waals surface area contributed by atoms with E-state index in [0.717, 1.165) is 11.9 Å². The molecule has 0 saturated heterocycles. The van der Waals surface area contributed by atoms with Crippen LogP contribution in [0.1, 0.15) is 5.56 Å². The van der Waals surface area contributed by atoms with E-state index in [1.165, 1.54) is 0 Å². The fourth-order valence-electron chi connectivity index (χ4n) is 0.855. The first-order chi connectivity index (χ1) is 5.88. The van der Waals surface area contributed by atoms with Gasteiger partial charge in [-0.15, -0.1) is 0 Å². The molecule has 0 atom stereocenters. The number of amidine groups is 1. The topological polar surface area (TPSA) is 48.6 Å². The molecule has 1 rings (SSSR count). The maximum absolute atomic E-state index is 6.79. The van der Waals surface area contributed by atoms with Gasteiger partial charge in [-0.25, -0.2) is 9.98 Å². The van der Waals surface area contributed by atoms with Crippen molar-refractivity contribution in [3.63, 3.8) is 0 Å². The van der Waals surface area contributed by atoms with Gasteiger partial charge < -0.3 is 0 Å². The van der Waals surface area contributed by atoms with Gasteiger partial charge in [0.25, 0.3) is 0 Å². The zero-order chi connectivity index (χ0) is 8.81. The second kappa shape index (κ2) is 4.18. The van der Waals surface area contributed by atoms with Gasteiger partial charge in [0.15, 0.2) is 5.84 Å². The summed E-state index contributed by atoms with van der Waals surface area (Å²) >= 11 is 0. The summed E-state index contributed by atoms with van der Waals surface area (Å²) in [5.74, 6) is 0.477. The summed E-state index contributed by atoms with van der Waals surface area (Å²) in [6, 6.07) is 9.43. The fourth-order valence-corrected chi connectivity index (χ4v) is 0.855. The van der Waals surface area contributed by atoms with Gasteiger partial charge in [-0.3, -0.25) is 5.41 Å². The zero-order valence-electron chi connectivity index (χ0n) is 6.57. The molecule has 12 heavy (non-hydrogen) atoms. The SMILES string of the molecule is C=NC(=NC=N)c1ccccc1. The number of rotatable bonds is 2. The molecule has 1 aromatic carbocycles. The van der Waals surface area contributed by atoms with E-state index in [-0.39, 0.29) is 0 Å². The van der Waals surface area contributed by atoms with Gasteiger partial charge in [0.1, 0.15) is 6.34 Å². The van der Waals surface area contributed by atoms with Crippen LogP contribution >= 0.6 is 0 Å². The minimum Gasteiger partial charge on any atom is -0.289 e. The molecule has 0 fully saturated rings. The number of benzene rings is 1. The molecule has 0 aliphatic carbocycles. The van der Waals surface area contributed by atoms with Gasteiger partial charge in [-0.1, -0.05) is 30.3 Å². The second-order valence-electron chi connectivity index (χ2n) is 2.11. The van der Waals surface area contributed by atoms with Crippen LogP contribution in [0.2, 0.25) is 0 Å². The normalized spacial score (nSPS) is 10.8. The van der Waals surface area contributed by atoms with Crippen molar-refractivity contribution >= 4 is 18.9 Å². The minimum absolute atomic E-state index is 0.477. The highest BCUT2D eigenvalue weighted by Gasteiger charge is 1.96. The van der Waals surface area contributed by atoms with Crippen molar-refractivity contribution in [1.29, 1.82) is 5.41 Å². The third-order valence-electron chi connectivity index (χ3n) is 1.37. The Kier molecular flexibility index (Phi) is 2.90. The number of hydrogen-bond donors (Lipinski definition) is 1. The predicted octanol–water partition coefficient (Wildman–Crippen LogP) is 1.74. The molecule has 3 nitrogen and oxygen atoms in total. The van der Waals surface area contributed by atoms with Crippen molar-refractivity contribution in [2.45, 2.75) is 0 Å². The quantitative estimate of drug-likeness (QED) is 0.504. The van der Waals surface area contributed by atoms with Gasteiger partial charge in [0.2, 0.25) is 0 Å². The molecule has 0 aliphatic heterocycles.